The maximum atomic E-state index is 12.5. The van der Waals surface area contributed by atoms with Gasteiger partial charge < -0.3 is 10.1 Å². The number of rotatable bonds is 5. The van der Waals surface area contributed by atoms with Gasteiger partial charge in [0.2, 0.25) is 0 Å². The van der Waals surface area contributed by atoms with Crippen LogP contribution >= 0.6 is 0 Å². The SMILES string of the molecule is COc1ccnc(C(=O)N[C@@H](c2cc(C)ccn2)C2CC2)c1. The molecular formula is C17H19N3O2. The minimum Gasteiger partial charge on any atom is -0.497 e. The molecule has 0 bridgehead atoms. The van der Waals surface area contributed by atoms with Crippen molar-refractivity contribution in [1.29, 1.82) is 0 Å². The van der Waals surface area contributed by atoms with E-state index in [0.29, 0.717) is 17.4 Å². The van der Waals surface area contributed by atoms with Crippen molar-refractivity contribution in [2.45, 2.75) is 25.8 Å². The minimum absolute atomic E-state index is 0.0552. The molecule has 0 spiro atoms. The van der Waals surface area contributed by atoms with Gasteiger partial charge in [-0.3, -0.25) is 14.8 Å². The Balaban J connectivity index is 1.80. The number of ether oxygens (including phenoxy) is 1. The van der Waals surface area contributed by atoms with Gasteiger partial charge >= 0.3 is 0 Å². The minimum atomic E-state index is -0.195. The number of aryl methyl sites for hydroxylation is 1. The van der Waals surface area contributed by atoms with Crippen molar-refractivity contribution in [2.75, 3.05) is 7.11 Å². The first-order valence-electron chi connectivity index (χ1n) is 7.41. The summed E-state index contributed by atoms with van der Waals surface area (Å²) in [5.74, 6) is 0.889. The normalized spacial score (nSPS) is 15.2. The van der Waals surface area contributed by atoms with E-state index in [4.69, 9.17) is 4.74 Å². The van der Waals surface area contributed by atoms with Gasteiger partial charge in [0.1, 0.15) is 11.4 Å². The van der Waals surface area contributed by atoms with E-state index in [1.165, 1.54) is 0 Å². The van der Waals surface area contributed by atoms with Crippen molar-refractivity contribution in [1.82, 2.24) is 15.3 Å². The Morgan fingerprint density at radius 3 is 2.73 bits per heavy atom. The van der Waals surface area contributed by atoms with Crippen molar-refractivity contribution in [3.05, 3.63) is 53.6 Å². The van der Waals surface area contributed by atoms with Gasteiger partial charge in [0.05, 0.1) is 18.8 Å². The number of pyridine rings is 2. The second-order valence-corrected chi connectivity index (χ2v) is 5.63. The zero-order chi connectivity index (χ0) is 15.5. The van der Waals surface area contributed by atoms with E-state index < -0.39 is 0 Å². The molecule has 1 amide bonds. The molecule has 22 heavy (non-hydrogen) atoms. The molecule has 0 unspecified atom stereocenters. The smallest absolute Gasteiger partial charge is 0.270 e. The molecule has 0 aromatic carbocycles. The largest absolute Gasteiger partial charge is 0.497 e. The predicted molar refractivity (Wildman–Crippen MR) is 82.7 cm³/mol. The number of hydrogen-bond donors (Lipinski definition) is 1. The third-order valence-corrected chi connectivity index (χ3v) is 3.83. The van der Waals surface area contributed by atoms with Crippen molar-refractivity contribution in [3.63, 3.8) is 0 Å². The van der Waals surface area contributed by atoms with Crippen LogP contribution in [0.2, 0.25) is 0 Å². The highest BCUT2D eigenvalue weighted by atomic mass is 16.5. The highest BCUT2D eigenvalue weighted by Gasteiger charge is 2.34. The number of nitrogens with zero attached hydrogens (tertiary/aromatic N) is 2. The number of carbonyl (C=O) groups is 1. The molecule has 114 valence electrons. The fraction of sp³-hybridized carbons (Fsp3) is 0.353. The Labute approximate surface area is 129 Å². The van der Waals surface area contributed by atoms with Gasteiger partial charge in [0.15, 0.2) is 0 Å². The summed E-state index contributed by atoms with van der Waals surface area (Å²) in [4.78, 5) is 21.0. The van der Waals surface area contributed by atoms with Gasteiger partial charge in [-0.15, -0.1) is 0 Å². The van der Waals surface area contributed by atoms with Crippen LogP contribution in [0.4, 0.5) is 0 Å². The topological polar surface area (TPSA) is 64.1 Å². The van der Waals surface area contributed by atoms with Crippen LogP contribution in [-0.4, -0.2) is 23.0 Å². The fourth-order valence-electron chi connectivity index (χ4n) is 2.47. The number of methoxy groups -OCH3 is 1. The van der Waals surface area contributed by atoms with Gasteiger partial charge in [0.25, 0.3) is 5.91 Å². The van der Waals surface area contributed by atoms with Gasteiger partial charge in [-0.25, -0.2) is 0 Å². The summed E-state index contributed by atoms with van der Waals surface area (Å²) < 4.78 is 5.14. The Morgan fingerprint density at radius 1 is 1.27 bits per heavy atom. The van der Waals surface area contributed by atoms with Crippen LogP contribution < -0.4 is 10.1 Å². The van der Waals surface area contributed by atoms with Crippen molar-refractivity contribution in [3.8, 4) is 5.75 Å². The van der Waals surface area contributed by atoms with E-state index in [1.54, 1.807) is 31.6 Å². The van der Waals surface area contributed by atoms with Crippen LogP contribution in [0.1, 0.15) is 40.6 Å². The Kier molecular flexibility index (Phi) is 4.04. The molecule has 5 nitrogen and oxygen atoms in total. The molecular weight excluding hydrogens is 278 g/mol. The third-order valence-electron chi connectivity index (χ3n) is 3.83. The molecule has 0 radical (unpaired) electrons. The van der Waals surface area contributed by atoms with Crippen LogP contribution in [0, 0.1) is 12.8 Å². The Hall–Kier alpha value is -2.43. The van der Waals surface area contributed by atoms with Crippen LogP contribution in [0.15, 0.2) is 36.7 Å². The lowest BCUT2D eigenvalue weighted by molar-refractivity contribution is 0.0925. The average Bonchev–Trinajstić information content (AvgIpc) is 3.37. The molecule has 1 aliphatic rings. The molecule has 2 heterocycles. The number of hydrogen-bond acceptors (Lipinski definition) is 4. The second-order valence-electron chi connectivity index (χ2n) is 5.63. The number of nitrogens with one attached hydrogen (secondary N) is 1. The monoisotopic (exact) mass is 297 g/mol. The highest BCUT2D eigenvalue weighted by Crippen LogP contribution is 2.40. The number of carbonyl (C=O) groups excluding carboxylic acids is 1. The van der Waals surface area contributed by atoms with E-state index in [1.807, 2.05) is 19.1 Å². The number of aromatic nitrogens is 2. The number of amides is 1. The molecule has 1 atom stereocenters. The van der Waals surface area contributed by atoms with E-state index in [9.17, 15) is 4.79 Å². The van der Waals surface area contributed by atoms with E-state index in [-0.39, 0.29) is 11.9 Å². The summed E-state index contributed by atoms with van der Waals surface area (Å²) >= 11 is 0. The quantitative estimate of drug-likeness (QED) is 0.921. The van der Waals surface area contributed by atoms with E-state index in [2.05, 4.69) is 15.3 Å². The first-order valence-corrected chi connectivity index (χ1v) is 7.41. The zero-order valence-corrected chi connectivity index (χ0v) is 12.7. The van der Waals surface area contributed by atoms with Gasteiger partial charge in [-0.05, 0) is 49.4 Å². The van der Waals surface area contributed by atoms with Gasteiger partial charge in [-0.2, -0.15) is 0 Å². The summed E-state index contributed by atoms with van der Waals surface area (Å²) in [6, 6.07) is 7.29. The standard InChI is InChI=1S/C17H19N3O2/c1-11-5-7-18-14(9-11)16(12-3-4-12)20-17(21)15-10-13(22-2)6-8-19-15/h5-10,12,16H,3-4H2,1-2H3,(H,20,21)/t16-/m1/s1. The lowest BCUT2D eigenvalue weighted by Gasteiger charge is -2.18. The molecule has 1 aliphatic carbocycles. The Morgan fingerprint density at radius 2 is 2.05 bits per heavy atom. The maximum absolute atomic E-state index is 12.5. The van der Waals surface area contributed by atoms with Gasteiger partial charge in [0, 0.05) is 18.5 Å². The van der Waals surface area contributed by atoms with Crippen molar-refractivity contribution < 1.29 is 9.53 Å². The molecule has 0 saturated heterocycles. The summed E-state index contributed by atoms with van der Waals surface area (Å²) in [6.45, 7) is 2.03. The molecule has 2 aromatic rings. The molecule has 5 heteroatoms. The molecule has 3 rings (SSSR count). The predicted octanol–water partition coefficient (Wildman–Crippen LogP) is 2.67. The van der Waals surface area contributed by atoms with Crippen LogP contribution in [0.5, 0.6) is 5.75 Å². The second kappa shape index (κ2) is 6.13. The van der Waals surface area contributed by atoms with Crippen LogP contribution in [0.3, 0.4) is 0 Å². The van der Waals surface area contributed by atoms with Crippen molar-refractivity contribution >= 4 is 5.91 Å². The lowest BCUT2D eigenvalue weighted by atomic mass is 10.1. The first kappa shape index (κ1) is 14.5. The first-order chi connectivity index (χ1) is 10.7. The molecule has 1 fully saturated rings. The lowest BCUT2D eigenvalue weighted by Crippen LogP contribution is -2.31. The average molecular weight is 297 g/mol. The summed E-state index contributed by atoms with van der Waals surface area (Å²) in [5.41, 5.74) is 2.42. The summed E-state index contributed by atoms with van der Waals surface area (Å²) in [5, 5.41) is 3.07. The van der Waals surface area contributed by atoms with Crippen molar-refractivity contribution in [2.24, 2.45) is 5.92 Å². The summed E-state index contributed by atoms with van der Waals surface area (Å²) in [7, 11) is 1.57. The molecule has 1 N–H and O–H groups in total. The summed E-state index contributed by atoms with van der Waals surface area (Å²) in [6.07, 6.45) is 5.60. The molecule has 0 aliphatic heterocycles. The third kappa shape index (κ3) is 3.24. The van der Waals surface area contributed by atoms with Crippen LogP contribution in [-0.2, 0) is 0 Å². The fourth-order valence-corrected chi connectivity index (χ4v) is 2.47. The van der Waals surface area contributed by atoms with E-state index >= 15 is 0 Å². The van der Waals surface area contributed by atoms with E-state index in [0.717, 1.165) is 24.1 Å². The van der Waals surface area contributed by atoms with Crippen LogP contribution in [0.25, 0.3) is 0 Å². The maximum Gasteiger partial charge on any atom is 0.270 e. The molecule has 2 aromatic heterocycles. The van der Waals surface area contributed by atoms with Gasteiger partial charge in [-0.1, -0.05) is 0 Å². The Bertz CT molecular complexity index is 683. The molecule has 1 saturated carbocycles. The highest BCUT2D eigenvalue weighted by molar-refractivity contribution is 5.92. The zero-order valence-electron chi connectivity index (χ0n) is 12.7.